The number of carbonyl (C=O) groups excluding carboxylic acids is 1. The molecule has 70 valence electrons. The van der Waals surface area contributed by atoms with Gasteiger partial charge in [-0.2, -0.15) is 0 Å². The van der Waals surface area contributed by atoms with Gasteiger partial charge < -0.3 is 4.74 Å². The summed E-state index contributed by atoms with van der Waals surface area (Å²) < 4.78 is 5.07. The molecule has 0 unspecified atom stereocenters. The number of aryl methyl sites for hydroxylation is 1. The van der Waals surface area contributed by atoms with E-state index in [-0.39, 0.29) is 11.7 Å². The van der Waals surface area contributed by atoms with Gasteiger partial charge in [0.15, 0.2) is 5.78 Å². The van der Waals surface area contributed by atoms with E-state index in [2.05, 4.69) is 0 Å². The molecule has 0 aromatic heterocycles. The van der Waals surface area contributed by atoms with Crippen LogP contribution >= 0.6 is 11.6 Å². The van der Waals surface area contributed by atoms with Crippen molar-refractivity contribution in [1.82, 2.24) is 0 Å². The van der Waals surface area contributed by atoms with Crippen molar-refractivity contribution in [1.29, 1.82) is 0 Å². The van der Waals surface area contributed by atoms with Crippen LogP contribution in [0.25, 0.3) is 0 Å². The Balaban J connectivity index is 3.13. The fraction of sp³-hybridized carbons (Fsp3) is 0.300. The third-order valence-corrected chi connectivity index (χ3v) is 2.02. The Morgan fingerprint density at radius 2 is 2.23 bits per heavy atom. The van der Waals surface area contributed by atoms with Crippen molar-refractivity contribution < 1.29 is 9.53 Å². The van der Waals surface area contributed by atoms with E-state index in [0.717, 1.165) is 5.56 Å². The quantitative estimate of drug-likeness (QED) is 0.551. The Bertz CT molecular complexity index is 321. The van der Waals surface area contributed by atoms with Gasteiger partial charge in [0.2, 0.25) is 0 Å². The summed E-state index contributed by atoms with van der Waals surface area (Å²) >= 11 is 5.45. The van der Waals surface area contributed by atoms with Gasteiger partial charge in [0, 0.05) is 0 Å². The number of methoxy groups -OCH3 is 1. The maximum Gasteiger partial charge on any atom is 0.181 e. The third kappa shape index (κ3) is 2.22. The van der Waals surface area contributed by atoms with E-state index in [1.165, 1.54) is 0 Å². The first-order valence-corrected chi connectivity index (χ1v) is 4.46. The number of carbonyl (C=O) groups is 1. The molecule has 0 aliphatic rings. The van der Waals surface area contributed by atoms with E-state index in [1.54, 1.807) is 13.2 Å². The Labute approximate surface area is 82.5 Å². The molecule has 1 rings (SSSR count). The molecule has 0 bridgehead atoms. The van der Waals surface area contributed by atoms with Crippen LogP contribution in [-0.2, 0) is 0 Å². The number of ketones is 1. The molecule has 0 N–H and O–H groups in total. The highest BCUT2D eigenvalue weighted by atomic mass is 35.5. The summed E-state index contributed by atoms with van der Waals surface area (Å²) in [6.45, 7) is 1.94. The standard InChI is InChI=1S/C10H11ClO2/c1-7-3-4-8(9(12)6-11)10(5-7)13-2/h3-5H,6H2,1-2H3. The fourth-order valence-corrected chi connectivity index (χ4v) is 1.24. The summed E-state index contributed by atoms with van der Waals surface area (Å²) in [6, 6.07) is 5.42. The molecule has 1 aromatic carbocycles. The van der Waals surface area contributed by atoms with Crippen LogP contribution in [0, 0.1) is 6.92 Å². The van der Waals surface area contributed by atoms with Gasteiger partial charge >= 0.3 is 0 Å². The van der Waals surface area contributed by atoms with Crippen molar-refractivity contribution in [3.63, 3.8) is 0 Å². The van der Waals surface area contributed by atoms with Crippen molar-refractivity contribution in [3.05, 3.63) is 29.3 Å². The average Bonchev–Trinajstić information content (AvgIpc) is 2.16. The number of alkyl halides is 1. The lowest BCUT2D eigenvalue weighted by atomic mass is 10.1. The zero-order valence-corrected chi connectivity index (χ0v) is 8.39. The Morgan fingerprint density at radius 3 is 2.77 bits per heavy atom. The van der Waals surface area contributed by atoms with Crippen LogP contribution in [0.4, 0.5) is 0 Å². The highest BCUT2D eigenvalue weighted by Gasteiger charge is 2.10. The second-order valence-electron chi connectivity index (χ2n) is 2.76. The third-order valence-electron chi connectivity index (χ3n) is 1.78. The van der Waals surface area contributed by atoms with E-state index in [4.69, 9.17) is 16.3 Å². The number of halogens is 1. The number of Topliss-reactive ketones (excluding diaryl/α,β-unsaturated/α-hetero) is 1. The van der Waals surface area contributed by atoms with E-state index in [0.29, 0.717) is 11.3 Å². The van der Waals surface area contributed by atoms with E-state index in [9.17, 15) is 4.79 Å². The highest BCUT2D eigenvalue weighted by molar-refractivity contribution is 6.30. The van der Waals surface area contributed by atoms with Gasteiger partial charge in [0.1, 0.15) is 5.75 Å². The molecule has 0 saturated heterocycles. The van der Waals surface area contributed by atoms with Gasteiger partial charge in [-0.05, 0) is 24.6 Å². The lowest BCUT2D eigenvalue weighted by molar-refractivity contribution is 0.101. The van der Waals surface area contributed by atoms with Crippen molar-refractivity contribution >= 4 is 17.4 Å². The van der Waals surface area contributed by atoms with Crippen molar-refractivity contribution in [3.8, 4) is 5.75 Å². The maximum absolute atomic E-state index is 11.3. The highest BCUT2D eigenvalue weighted by Crippen LogP contribution is 2.20. The minimum atomic E-state index is -0.112. The van der Waals surface area contributed by atoms with Crippen LogP contribution in [0.1, 0.15) is 15.9 Å². The molecule has 0 aliphatic carbocycles. The minimum absolute atomic E-state index is 0.0145. The zero-order valence-electron chi connectivity index (χ0n) is 7.63. The molecule has 3 heteroatoms. The normalized spacial score (nSPS) is 9.77. The Morgan fingerprint density at radius 1 is 1.54 bits per heavy atom. The van der Waals surface area contributed by atoms with Crippen LogP contribution in [0.2, 0.25) is 0 Å². The zero-order chi connectivity index (χ0) is 9.84. The predicted octanol–water partition coefficient (Wildman–Crippen LogP) is 2.43. The molecule has 0 radical (unpaired) electrons. The average molecular weight is 199 g/mol. The predicted molar refractivity (Wildman–Crippen MR) is 52.8 cm³/mol. The molecule has 0 aliphatic heterocycles. The second kappa shape index (κ2) is 4.28. The number of hydrogen-bond donors (Lipinski definition) is 0. The van der Waals surface area contributed by atoms with Crippen LogP contribution < -0.4 is 4.74 Å². The van der Waals surface area contributed by atoms with Gasteiger partial charge in [0.05, 0.1) is 18.6 Å². The first-order chi connectivity index (χ1) is 6.19. The van der Waals surface area contributed by atoms with Gasteiger partial charge in [-0.3, -0.25) is 4.79 Å². The summed E-state index contributed by atoms with van der Waals surface area (Å²) in [5, 5.41) is 0. The topological polar surface area (TPSA) is 26.3 Å². The van der Waals surface area contributed by atoms with Gasteiger partial charge in [-0.15, -0.1) is 11.6 Å². The monoisotopic (exact) mass is 198 g/mol. The molecule has 0 amide bonds. The Hall–Kier alpha value is -1.02. The maximum atomic E-state index is 11.3. The largest absolute Gasteiger partial charge is 0.496 e. The molecule has 13 heavy (non-hydrogen) atoms. The number of ether oxygens (including phenoxy) is 1. The van der Waals surface area contributed by atoms with Crippen molar-refractivity contribution in [2.24, 2.45) is 0 Å². The lowest BCUT2D eigenvalue weighted by Crippen LogP contribution is -2.03. The first-order valence-electron chi connectivity index (χ1n) is 3.93. The summed E-state index contributed by atoms with van der Waals surface area (Å²) in [6.07, 6.45) is 0. The Kier molecular flexibility index (Phi) is 3.32. The van der Waals surface area contributed by atoms with E-state index < -0.39 is 0 Å². The number of benzene rings is 1. The molecule has 0 fully saturated rings. The molecular weight excluding hydrogens is 188 g/mol. The summed E-state index contributed by atoms with van der Waals surface area (Å²) in [7, 11) is 1.54. The molecule has 0 atom stereocenters. The van der Waals surface area contributed by atoms with Gasteiger partial charge in [-0.25, -0.2) is 0 Å². The fourth-order valence-electron chi connectivity index (χ4n) is 1.10. The van der Waals surface area contributed by atoms with Crippen LogP contribution in [0.5, 0.6) is 5.75 Å². The second-order valence-corrected chi connectivity index (χ2v) is 3.03. The molecule has 1 aromatic rings. The molecule has 0 spiro atoms. The SMILES string of the molecule is COc1cc(C)ccc1C(=O)CCl. The first kappa shape index (κ1) is 10.1. The minimum Gasteiger partial charge on any atom is -0.496 e. The van der Waals surface area contributed by atoms with Crippen molar-refractivity contribution in [2.45, 2.75) is 6.92 Å². The lowest BCUT2D eigenvalue weighted by Gasteiger charge is -2.06. The summed E-state index contributed by atoms with van der Waals surface area (Å²) in [4.78, 5) is 11.3. The van der Waals surface area contributed by atoms with Gasteiger partial charge in [0.25, 0.3) is 0 Å². The van der Waals surface area contributed by atoms with Crippen LogP contribution in [0.3, 0.4) is 0 Å². The molecule has 0 saturated carbocycles. The van der Waals surface area contributed by atoms with Crippen LogP contribution in [-0.4, -0.2) is 18.8 Å². The van der Waals surface area contributed by atoms with Crippen LogP contribution in [0.15, 0.2) is 18.2 Å². The summed E-state index contributed by atoms with van der Waals surface area (Å²) in [5.74, 6) is 0.462. The number of hydrogen-bond acceptors (Lipinski definition) is 2. The van der Waals surface area contributed by atoms with E-state index >= 15 is 0 Å². The van der Waals surface area contributed by atoms with E-state index in [1.807, 2.05) is 19.1 Å². The molecule has 2 nitrogen and oxygen atoms in total. The smallest absolute Gasteiger partial charge is 0.181 e. The molecule has 0 heterocycles. The molecular formula is C10H11ClO2. The van der Waals surface area contributed by atoms with Crippen molar-refractivity contribution in [2.75, 3.05) is 13.0 Å². The summed E-state index contributed by atoms with van der Waals surface area (Å²) in [5.41, 5.74) is 1.60. The van der Waals surface area contributed by atoms with Gasteiger partial charge in [-0.1, -0.05) is 6.07 Å². The number of rotatable bonds is 3.